The van der Waals surface area contributed by atoms with E-state index in [-0.39, 0.29) is 11.9 Å². The molecule has 0 radical (unpaired) electrons. The number of carbonyl (C=O) groups excluding carboxylic acids is 1. The molecule has 1 fully saturated rings. The Morgan fingerprint density at radius 2 is 1.93 bits per heavy atom. The third-order valence-electron chi connectivity index (χ3n) is 5.12. The van der Waals surface area contributed by atoms with E-state index in [1.165, 1.54) is 11.8 Å². The van der Waals surface area contributed by atoms with Gasteiger partial charge < -0.3 is 14.1 Å². The highest BCUT2D eigenvalue weighted by Crippen LogP contribution is 2.32. The van der Waals surface area contributed by atoms with Crippen LogP contribution in [-0.4, -0.2) is 57.6 Å². The highest BCUT2D eigenvalue weighted by atomic mass is 32.2. The molecule has 3 heterocycles. The lowest BCUT2D eigenvalue weighted by molar-refractivity contribution is -0.132. The second-order valence-electron chi connectivity index (χ2n) is 6.94. The molecule has 1 aromatic carbocycles. The van der Waals surface area contributed by atoms with E-state index in [0.717, 1.165) is 27.9 Å². The zero-order chi connectivity index (χ0) is 20.2. The molecule has 0 saturated carbocycles. The van der Waals surface area contributed by atoms with Gasteiger partial charge in [0.25, 0.3) is 0 Å². The number of rotatable bonds is 6. The molecule has 0 spiro atoms. The minimum atomic E-state index is 0.0106. The van der Waals surface area contributed by atoms with Gasteiger partial charge in [-0.05, 0) is 25.5 Å². The third kappa shape index (κ3) is 4.23. The summed E-state index contributed by atoms with van der Waals surface area (Å²) in [6, 6.07) is 12.1. The minimum absolute atomic E-state index is 0.0106. The molecule has 0 aliphatic carbocycles. The molecule has 2 aromatic heterocycles. The topological polar surface area (TPSA) is 73.4 Å². The van der Waals surface area contributed by atoms with Crippen molar-refractivity contribution < 1.29 is 13.9 Å². The van der Waals surface area contributed by atoms with E-state index >= 15 is 0 Å². The Morgan fingerprint density at radius 1 is 1.17 bits per heavy atom. The van der Waals surface area contributed by atoms with Crippen LogP contribution in [0.5, 0.6) is 0 Å². The Bertz CT molecular complexity index is 963. The average molecular weight is 413 g/mol. The van der Waals surface area contributed by atoms with Crippen LogP contribution < -0.4 is 0 Å². The summed E-state index contributed by atoms with van der Waals surface area (Å²) in [5, 5.41) is 9.58. The second-order valence-corrected chi connectivity index (χ2v) is 7.88. The lowest BCUT2D eigenvalue weighted by Crippen LogP contribution is -2.41. The van der Waals surface area contributed by atoms with Crippen LogP contribution in [0.1, 0.15) is 24.3 Å². The maximum Gasteiger partial charge on any atom is 0.233 e. The van der Waals surface area contributed by atoms with Crippen LogP contribution >= 0.6 is 11.8 Å². The monoisotopic (exact) mass is 412 g/mol. The number of aryl methyl sites for hydroxylation is 1. The van der Waals surface area contributed by atoms with Gasteiger partial charge in [0.2, 0.25) is 5.91 Å². The molecule has 7 nitrogen and oxygen atoms in total. The Kier molecular flexibility index (Phi) is 6.01. The predicted octanol–water partition coefficient (Wildman–Crippen LogP) is 3.41. The van der Waals surface area contributed by atoms with Crippen LogP contribution in [0.4, 0.5) is 0 Å². The number of hydrogen-bond acceptors (Lipinski definition) is 6. The number of nitrogens with zero attached hydrogens (tertiary/aromatic N) is 4. The van der Waals surface area contributed by atoms with Gasteiger partial charge in [-0.1, -0.05) is 42.1 Å². The van der Waals surface area contributed by atoms with Crippen LogP contribution in [0.25, 0.3) is 11.4 Å². The van der Waals surface area contributed by atoms with Crippen LogP contribution in [0.15, 0.2) is 52.2 Å². The van der Waals surface area contributed by atoms with E-state index in [0.29, 0.717) is 32.1 Å². The fourth-order valence-electron chi connectivity index (χ4n) is 3.44. The molecule has 29 heavy (non-hydrogen) atoms. The van der Waals surface area contributed by atoms with Crippen molar-refractivity contribution >= 4 is 17.7 Å². The maximum absolute atomic E-state index is 12.6. The van der Waals surface area contributed by atoms with Crippen molar-refractivity contribution in [3.05, 3.63) is 54.0 Å². The van der Waals surface area contributed by atoms with Gasteiger partial charge in [-0.25, -0.2) is 0 Å². The van der Waals surface area contributed by atoms with Gasteiger partial charge in [0, 0.05) is 13.1 Å². The number of hydrogen-bond donors (Lipinski definition) is 0. The summed E-state index contributed by atoms with van der Waals surface area (Å²) in [6.45, 7) is 6.52. The SMILES string of the molecule is Cc1occc1-c1nnc(SCC(=O)N2CCOCC2)n1[C@@H](C)c1ccccc1. The number of amides is 1. The summed E-state index contributed by atoms with van der Waals surface area (Å²) < 4.78 is 12.9. The summed E-state index contributed by atoms with van der Waals surface area (Å²) in [5.74, 6) is 1.96. The van der Waals surface area contributed by atoms with Crippen molar-refractivity contribution in [2.24, 2.45) is 0 Å². The Balaban J connectivity index is 1.62. The molecule has 4 rings (SSSR count). The number of thioether (sulfide) groups is 1. The van der Waals surface area contributed by atoms with E-state index in [1.807, 2.05) is 36.1 Å². The van der Waals surface area contributed by atoms with E-state index < -0.39 is 0 Å². The summed E-state index contributed by atoms with van der Waals surface area (Å²) in [7, 11) is 0. The summed E-state index contributed by atoms with van der Waals surface area (Å²) in [4.78, 5) is 14.4. The van der Waals surface area contributed by atoms with Crippen molar-refractivity contribution in [1.29, 1.82) is 0 Å². The Hall–Kier alpha value is -2.58. The summed E-state index contributed by atoms with van der Waals surface area (Å²) >= 11 is 1.42. The van der Waals surface area contributed by atoms with Crippen LogP contribution in [0, 0.1) is 6.92 Å². The highest BCUT2D eigenvalue weighted by molar-refractivity contribution is 7.99. The fourth-order valence-corrected chi connectivity index (χ4v) is 4.35. The van der Waals surface area contributed by atoms with Gasteiger partial charge in [-0.15, -0.1) is 10.2 Å². The molecule has 1 atom stereocenters. The maximum atomic E-state index is 12.6. The van der Waals surface area contributed by atoms with E-state index in [9.17, 15) is 4.79 Å². The van der Waals surface area contributed by atoms with E-state index in [1.54, 1.807) is 6.26 Å². The number of aromatic nitrogens is 3. The molecule has 1 amide bonds. The van der Waals surface area contributed by atoms with Crippen molar-refractivity contribution in [2.45, 2.75) is 25.0 Å². The first kappa shape index (κ1) is 19.7. The number of ether oxygens (including phenoxy) is 1. The normalized spacial score (nSPS) is 15.4. The predicted molar refractivity (Wildman–Crippen MR) is 111 cm³/mol. The standard InChI is InChI=1S/C21H24N4O3S/c1-15(17-6-4-3-5-7-17)25-20(18-8-11-28-16(18)2)22-23-21(25)29-14-19(26)24-9-12-27-13-10-24/h3-8,11,15H,9-10,12-14H2,1-2H3/t15-/m0/s1. The first-order chi connectivity index (χ1) is 14.1. The molecular weight excluding hydrogens is 388 g/mol. The first-order valence-corrected chi connectivity index (χ1v) is 10.7. The molecule has 1 saturated heterocycles. The van der Waals surface area contributed by atoms with Crippen molar-refractivity contribution in [3.8, 4) is 11.4 Å². The largest absolute Gasteiger partial charge is 0.469 e. The number of morpholine rings is 1. The molecule has 1 aliphatic rings. The van der Waals surface area contributed by atoms with Gasteiger partial charge in [0.05, 0.1) is 36.8 Å². The van der Waals surface area contributed by atoms with Gasteiger partial charge in [0.15, 0.2) is 11.0 Å². The minimum Gasteiger partial charge on any atom is -0.469 e. The average Bonchev–Trinajstić information content (AvgIpc) is 3.38. The molecule has 0 unspecified atom stereocenters. The van der Waals surface area contributed by atoms with Gasteiger partial charge >= 0.3 is 0 Å². The number of carbonyl (C=O) groups is 1. The molecule has 0 N–H and O–H groups in total. The van der Waals surface area contributed by atoms with Crippen LogP contribution in [0.2, 0.25) is 0 Å². The number of furan rings is 1. The van der Waals surface area contributed by atoms with E-state index in [2.05, 4.69) is 33.8 Å². The quantitative estimate of drug-likeness (QED) is 0.578. The van der Waals surface area contributed by atoms with Crippen molar-refractivity contribution in [2.75, 3.05) is 32.1 Å². The summed E-state index contributed by atoms with van der Waals surface area (Å²) in [6.07, 6.45) is 1.66. The first-order valence-electron chi connectivity index (χ1n) is 9.68. The smallest absolute Gasteiger partial charge is 0.233 e. The van der Waals surface area contributed by atoms with Gasteiger partial charge in [0.1, 0.15) is 5.76 Å². The molecule has 8 heteroatoms. The molecular formula is C21H24N4O3S. The zero-order valence-corrected chi connectivity index (χ0v) is 17.4. The van der Waals surface area contributed by atoms with Crippen molar-refractivity contribution in [3.63, 3.8) is 0 Å². The van der Waals surface area contributed by atoms with E-state index in [4.69, 9.17) is 9.15 Å². The number of benzene rings is 1. The zero-order valence-electron chi connectivity index (χ0n) is 16.6. The Morgan fingerprint density at radius 3 is 2.62 bits per heavy atom. The fraction of sp³-hybridized carbons (Fsp3) is 0.381. The lowest BCUT2D eigenvalue weighted by atomic mass is 10.1. The second kappa shape index (κ2) is 8.84. The lowest BCUT2D eigenvalue weighted by Gasteiger charge is -2.26. The van der Waals surface area contributed by atoms with Gasteiger partial charge in [-0.2, -0.15) is 0 Å². The molecule has 152 valence electrons. The van der Waals surface area contributed by atoms with Crippen LogP contribution in [0.3, 0.4) is 0 Å². The molecule has 0 bridgehead atoms. The molecule has 1 aliphatic heterocycles. The Labute approximate surface area is 174 Å². The van der Waals surface area contributed by atoms with Crippen LogP contribution in [-0.2, 0) is 9.53 Å². The van der Waals surface area contributed by atoms with Gasteiger partial charge in [-0.3, -0.25) is 9.36 Å². The third-order valence-corrected chi connectivity index (χ3v) is 6.05. The van der Waals surface area contributed by atoms with Crippen molar-refractivity contribution in [1.82, 2.24) is 19.7 Å². The summed E-state index contributed by atoms with van der Waals surface area (Å²) in [5.41, 5.74) is 2.06. The highest BCUT2D eigenvalue weighted by Gasteiger charge is 2.24. The molecule has 3 aromatic rings.